The van der Waals surface area contributed by atoms with Crippen molar-refractivity contribution in [1.82, 2.24) is 10.5 Å². The molecule has 122 valence electrons. The third-order valence-corrected chi connectivity index (χ3v) is 3.56. The van der Waals surface area contributed by atoms with Crippen LogP contribution in [0.1, 0.15) is 21.7 Å². The molecule has 0 aliphatic heterocycles. The number of aromatic nitrogens is 1. The Labute approximate surface area is 137 Å². The van der Waals surface area contributed by atoms with Gasteiger partial charge in [-0.25, -0.2) is 8.78 Å². The quantitative estimate of drug-likeness (QED) is 0.791. The zero-order chi connectivity index (χ0) is 17.1. The normalized spacial score (nSPS) is 10.6. The minimum atomic E-state index is -0.461. The van der Waals surface area contributed by atoms with Gasteiger partial charge in [0.15, 0.2) is 0 Å². The van der Waals surface area contributed by atoms with Gasteiger partial charge >= 0.3 is 0 Å². The molecule has 0 atom stereocenters. The summed E-state index contributed by atoms with van der Waals surface area (Å²) in [6.07, 6.45) is 0. The molecule has 6 heteroatoms. The van der Waals surface area contributed by atoms with E-state index in [1.807, 2.05) is 0 Å². The molecule has 0 radical (unpaired) electrons. The summed E-state index contributed by atoms with van der Waals surface area (Å²) in [7, 11) is 0. The van der Waals surface area contributed by atoms with E-state index in [1.165, 1.54) is 24.3 Å². The van der Waals surface area contributed by atoms with Crippen molar-refractivity contribution in [2.45, 2.75) is 13.5 Å². The number of nitrogens with one attached hydrogen (secondary N) is 1. The van der Waals surface area contributed by atoms with Gasteiger partial charge in [0, 0.05) is 18.2 Å². The fraction of sp³-hybridized carbons (Fsp3) is 0.111. The maximum absolute atomic E-state index is 13.5. The Morgan fingerprint density at radius 3 is 2.58 bits per heavy atom. The first-order valence-corrected chi connectivity index (χ1v) is 7.29. The van der Waals surface area contributed by atoms with Crippen molar-refractivity contribution < 1.29 is 18.1 Å². The fourth-order valence-electron chi connectivity index (χ4n) is 2.15. The highest BCUT2D eigenvalue weighted by Gasteiger charge is 2.14. The highest BCUT2D eigenvalue weighted by Crippen LogP contribution is 2.19. The van der Waals surface area contributed by atoms with Crippen LogP contribution in [0, 0.1) is 18.6 Å². The second kappa shape index (κ2) is 6.62. The van der Waals surface area contributed by atoms with Crippen molar-refractivity contribution in [3.63, 3.8) is 0 Å². The molecule has 4 nitrogen and oxygen atoms in total. The number of hydrogen-bond donors (Lipinski definition) is 1. The molecule has 3 aromatic rings. The van der Waals surface area contributed by atoms with Crippen molar-refractivity contribution in [3.8, 4) is 11.3 Å². The molecular formula is C18H14F2N2O2. The first-order chi connectivity index (χ1) is 11.5. The molecule has 1 aromatic heterocycles. The number of amides is 1. The van der Waals surface area contributed by atoms with Crippen molar-refractivity contribution in [3.05, 3.63) is 77.1 Å². The van der Waals surface area contributed by atoms with Crippen molar-refractivity contribution in [2.75, 3.05) is 0 Å². The van der Waals surface area contributed by atoms with Gasteiger partial charge in [-0.05, 0) is 48.4 Å². The Kier molecular flexibility index (Phi) is 4.37. The second-order valence-corrected chi connectivity index (χ2v) is 5.35. The van der Waals surface area contributed by atoms with E-state index in [2.05, 4.69) is 10.5 Å². The predicted octanol–water partition coefficient (Wildman–Crippen LogP) is 3.86. The number of hydrogen-bond acceptors (Lipinski definition) is 3. The average molecular weight is 328 g/mol. The van der Waals surface area contributed by atoms with Gasteiger partial charge in [-0.3, -0.25) is 4.79 Å². The number of rotatable bonds is 4. The number of nitrogens with zero attached hydrogens (tertiary/aromatic N) is 1. The smallest absolute Gasteiger partial charge is 0.290 e. The van der Waals surface area contributed by atoms with Crippen LogP contribution in [0.4, 0.5) is 8.78 Å². The lowest BCUT2D eigenvalue weighted by Gasteiger charge is -2.04. The van der Waals surface area contributed by atoms with Crippen LogP contribution in [0.25, 0.3) is 11.3 Å². The molecule has 0 unspecified atom stereocenters. The summed E-state index contributed by atoms with van der Waals surface area (Å²) in [5.41, 5.74) is 2.26. The Balaban J connectivity index is 1.67. The van der Waals surface area contributed by atoms with Crippen molar-refractivity contribution in [1.29, 1.82) is 0 Å². The third-order valence-electron chi connectivity index (χ3n) is 3.56. The van der Waals surface area contributed by atoms with E-state index in [0.717, 1.165) is 0 Å². The molecule has 0 saturated carbocycles. The maximum Gasteiger partial charge on any atom is 0.290 e. The molecule has 0 saturated heterocycles. The van der Waals surface area contributed by atoms with Gasteiger partial charge in [-0.15, -0.1) is 0 Å². The first kappa shape index (κ1) is 15.9. The van der Waals surface area contributed by atoms with Gasteiger partial charge < -0.3 is 9.84 Å². The summed E-state index contributed by atoms with van der Waals surface area (Å²) in [6, 6.07) is 11.9. The lowest BCUT2D eigenvalue weighted by atomic mass is 10.1. The van der Waals surface area contributed by atoms with Crippen LogP contribution in [0.3, 0.4) is 0 Å². The number of aryl methyl sites for hydroxylation is 1. The van der Waals surface area contributed by atoms with Crippen molar-refractivity contribution >= 4 is 5.91 Å². The molecule has 0 spiro atoms. The molecule has 1 heterocycles. The molecule has 24 heavy (non-hydrogen) atoms. The van der Waals surface area contributed by atoms with E-state index in [9.17, 15) is 13.6 Å². The lowest BCUT2D eigenvalue weighted by Crippen LogP contribution is -2.22. The van der Waals surface area contributed by atoms with Gasteiger partial charge in [0.25, 0.3) is 5.91 Å². The van der Waals surface area contributed by atoms with Gasteiger partial charge in [0.1, 0.15) is 17.3 Å². The summed E-state index contributed by atoms with van der Waals surface area (Å²) in [5, 5.41) is 6.44. The standard InChI is InChI=1S/C18H14F2N2O2/c1-11-2-3-12(8-15(11)20)10-21-18(23)17-9-16(22-24-17)13-4-6-14(19)7-5-13/h2-9H,10H2,1H3,(H,21,23). The molecule has 0 aliphatic rings. The van der Waals surface area contributed by atoms with Gasteiger partial charge in [0.05, 0.1) is 0 Å². The molecule has 0 fully saturated rings. The summed E-state index contributed by atoms with van der Waals surface area (Å²) in [4.78, 5) is 12.1. The summed E-state index contributed by atoms with van der Waals surface area (Å²) in [5.74, 6) is -1.11. The number of carbonyl (C=O) groups is 1. The van der Waals surface area contributed by atoms with Crippen LogP contribution < -0.4 is 5.32 Å². The van der Waals surface area contributed by atoms with Crippen LogP contribution >= 0.6 is 0 Å². The minimum Gasteiger partial charge on any atom is -0.350 e. The van der Waals surface area contributed by atoms with E-state index in [0.29, 0.717) is 22.4 Å². The molecular weight excluding hydrogens is 314 g/mol. The van der Waals surface area contributed by atoms with Crippen LogP contribution in [0.15, 0.2) is 53.1 Å². The molecule has 0 aliphatic carbocycles. The molecule has 1 N–H and O–H groups in total. The monoisotopic (exact) mass is 328 g/mol. The fourth-order valence-corrected chi connectivity index (χ4v) is 2.15. The number of carbonyl (C=O) groups excluding carboxylic acids is 1. The van der Waals surface area contributed by atoms with Crippen molar-refractivity contribution in [2.24, 2.45) is 0 Å². The van der Waals surface area contributed by atoms with E-state index >= 15 is 0 Å². The number of benzene rings is 2. The van der Waals surface area contributed by atoms with E-state index < -0.39 is 5.91 Å². The summed E-state index contributed by atoms with van der Waals surface area (Å²) in [6.45, 7) is 1.84. The first-order valence-electron chi connectivity index (χ1n) is 7.29. The van der Waals surface area contributed by atoms with Crippen LogP contribution in [0.2, 0.25) is 0 Å². The van der Waals surface area contributed by atoms with Crippen LogP contribution in [-0.4, -0.2) is 11.1 Å². The minimum absolute atomic E-state index is 0.0295. The third kappa shape index (κ3) is 3.48. The predicted molar refractivity (Wildman–Crippen MR) is 84.2 cm³/mol. The van der Waals surface area contributed by atoms with Gasteiger partial charge in [-0.1, -0.05) is 17.3 Å². The Morgan fingerprint density at radius 2 is 1.88 bits per heavy atom. The zero-order valence-corrected chi connectivity index (χ0v) is 12.8. The Morgan fingerprint density at radius 1 is 1.12 bits per heavy atom. The van der Waals surface area contributed by atoms with E-state index in [1.54, 1.807) is 31.2 Å². The van der Waals surface area contributed by atoms with Gasteiger partial charge in [0.2, 0.25) is 5.76 Å². The van der Waals surface area contributed by atoms with E-state index in [4.69, 9.17) is 4.52 Å². The maximum atomic E-state index is 13.5. The Bertz CT molecular complexity index is 873. The topological polar surface area (TPSA) is 55.1 Å². The molecule has 0 bridgehead atoms. The molecule has 1 amide bonds. The largest absolute Gasteiger partial charge is 0.350 e. The summed E-state index contributed by atoms with van der Waals surface area (Å²) >= 11 is 0. The lowest BCUT2D eigenvalue weighted by molar-refractivity contribution is 0.0914. The van der Waals surface area contributed by atoms with Crippen LogP contribution in [0.5, 0.6) is 0 Å². The van der Waals surface area contributed by atoms with E-state index in [-0.39, 0.29) is 23.9 Å². The van der Waals surface area contributed by atoms with Crippen LogP contribution in [-0.2, 0) is 6.54 Å². The highest BCUT2D eigenvalue weighted by molar-refractivity contribution is 5.92. The molecule has 2 aromatic carbocycles. The Hall–Kier alpha value is -3.02. The molecule has 3 rings (SSSR count). The zero-order valence-electron chi connectivity index (χ0n) is 12.8. The number of halogens is 2. The second-order valence-electron chi connectivity index (χ2n) is 5.35. The summed E-state index contributed by atoms with van der Waals surface area (Å²) < 4.78 is 31.4. The SMILES string of the molecule is Cc1ccc(CNC(=O)c2cc(-c3ccc(F)cc3)no2)cc1F. The van der Waals surface area contributed by atoms with Gasteiger partial charge in [-0.2, -0.15) is 0 Å². The highest BCUT2D eigenvalue weighted by atomic mass is 19.1. The average Bonchev–Trinajstić information content (AvgIpc) is 3.06.